The van der Waals surface area contributed by atoms with Gasteiger partial charge in [-0.25, -0.2) is 0 Å². The van der Waals surface area contributed by atoms with Gasteiger partial charge < -0.3 is 10.0 Å². The summed E-state index contributed by atoms with van der Waals surface area (Å²) in [5.41, 5.74) is 1.85. The van der Waals surface area contributed by atoms with Gasteiger partial charge in [-0.05, 0) is 32.9 Å². The van der Waals surface area contributed by atoms with Gasteiger partial charge in [0.15, 0.2) is 0 Å². The van der Waals surface area contributed by atoms with Crippen LogP contribution in [0.1, 0.15) is 19.4 Å². The lowest BCUT2D eigenvalue weighted by molar-refractivity contribution is -0.124. The van der Waals surface area contributed by atoms with Crippen molar-refractivity contribution in [2.24, 2.45) is 0 Å². The SMILES string of the molecule is Cc1ccc(N2CC(C)(C)NC(CO)C2=O)cc1. The van der Waals surface area contributed by atoms with E-state index in [0.29, 0.717) is 6.54 Å². The van der Waals surface area contributed by atoms with Gasteiger partial charge in [0.05, 0.1) is 6.61 Å². The van der Waals surface area contributed by atoms with E-state index < -0.39 is 6.04 Å². The Labute approximate surface area is 108 Å². The lowest BCUT2D eigenvalue weighted by Crippen LogP contribution is -2.66. The first-order valence-electron chi connectivity index (χ1n) is 6.19. The number of rotatable bonds is 2. The maximum atomic E-state index is 12.2. The van der Waals surface area contributed by atoms with Gasteiger partial charge in [-0.2, -0.15) is 0 Å². The van der Waals surface area contributed by atoms with Crippen LogP contribution in [0.3, 0.4) is 0 Å². The van der Waals surface area contributed by atoms with Crippen molar-refractivity contribution in [3.8, 4) is 0 Å². The smallest absolute Gasteiger partial charge is 0.246 e. The summed E-state index contributed by atoms with van der Waals surface area (Å²) in [6.45, 7) is 6.51. The van der Waals surface area contributed by atoms with Crippen LogP contribution in [0, 0.1) is 6.92 Å². The van der Waals surface area contributed by atoms with E-state index >= 15 is 0 Å². The summed E-state index contributed by atoms with van der Waals surface area (Å²) in [4.78, 5) is 14.0. The Morgan fingerprint density at radius 2 is 2.00 bits per heavy atom. The van der Waals surface area contributed by atoms with Crippen molar-refractivity contribution in [3.63, 3.8) is 0 Å². The molecule has 0 bridgehead atoms. The van der Waals surface area contributed by atoms with Crippen LogP contribution in [-0.2, 0) is 4.79 Å². The molecule has 4 heteroatoms. The number of nitrogens with one attached hydrogen (secondary N) is 1. The Kier molecular flexibility index (Phi) is 3.41. The molecular weight excluding hydrogens is 228 g/mol. The van der Waals surface area contributed by atoms with E-state index in [1.54, 1.807) is 4.90 Å². The average molecular weight is 248 g/mol. The van der Waals surface area contributed by atoms with E-state index in [1.165, 1.54) is 5.56 Å². The second-order valence-electron chi connectivity index (χ2n) is 5.52. The highest BCUT2D eigenvalue weighted by molar-refractivity contribution is 5.98. The normalized spacial score (nSPS) is 23.2. The van der Waals surface area contributed by atoms with E-state index in [4.69, 9.17) is 0 Å². The predicted molar refractivity (Wildman–Crippen MR) is 71.6 cm³/mol. The number of hydrogen-bond acceptors (Lipinski definition) is 3. The molecule has 1 aromatic carbocycles. The minimum atomic E-state index is -0.518. The fraction of sp³-hybridized carbons (Fsp3) is 0.500. The Morgan fingerprint density at radius 3 is 2.56 bits per heavy atom. The third-order valence-corrected chi connectivity index (χ3v) is 3.21. The molecule has 1 atom stereocenters. The van der Waals surface area contributed by atoms with E-state index in [0.717, 1.165) is 5.69 Å². The van der Waals surface area contributed by atoms with Gasteiger partial charge in [-0.15, -0.1) is 0 Å². The highest BCUT2D eigenvalue weighted by Gasteiger charge is 2.38. The van der Waals surface area contributed by atoms with Crippen LogP contribution < -0.4 is 10.2 Å². The molecule has 18 heavy (non-hydrogen) atoms. The quantitative estimate of drug-likeness (QED) is 0.823. The van der Waals surface area contributed by atoms with E-state index in [2.05, 4.69) is 5.32 Å². The molecule has 0 spiro atoms. The predicted octanol–water partition coefficient (Wildman–Crippen LogP) is 1.07. The summed E-state index contributed by atoms with van der Waals surface area (Å²) >= 11 is 0. The van der Waals surface area contributed by atoms with Crippen molar-refractivity contribution >= 4 is 11.6 Å². The number of amides is 1. The van der Waals surface area contributed by atoms with Crippen LogP contribution in [0.25, 0.3) is 0 Å². The largest absolute Gasteiger partial charge is 0.394 e. The van der Waals surface area contributed by atoms with Crippen LogP contribution in [0.2, 0.25) is 0 Å². The molecule has 1 unspecified atom stereocenters. The Morgan fingerprint density at radius 1 is 1.39 bits per heavy atom. The fourth-order valence-corrected chi connectivity index (χ4v) is 2.31. The summed E-state index contributed by atoms with van der Waals surface area (Å²) in [5, 5.41) is 12.5. The average Bonchev–Trinajstić information content (AvgIpc) is 2.33. The van der Waals surface area contributed by atoms with Crippen LogP contribution in [0.15, 0.2) is 24.3 Å². The molecule has 1 aliphatic heterocycles. The van der Waals surface area contributed by atoms with Crippen molar-refractivity contribution < 1.29 is 9.90 Å². The topological polar surface area (TPSA) is 52.6 Å². The zero-order valence-corrected chi connectivity index (χ0v) is 11.1. The minimum Gasteiger partial charge on any atom is -0.394 e. The monoisotopic (exact) mass is 248 g/mol. The molecule has 0 radical (unpaired) electrons. The second-order valence-corrected chi connectivity index (χ2v) is 5.52. The number of anilines is 1. The van der Waals surface area contributed by atoms with Gasteiger partial charge in [-0.1, -0.05) is 17.7 Å². The molecule has 2 rings (SSSR count). The van der Waals surface area contributed by atoms with Crippen molar-refractivity contribution in [3.05, 3.63) is 29.8 Å². The maximum absolute atomic E-state index is 12.2. The number of aliphatic hydroxyl groups is 1. The molecule has 0 saturated carbocycles. The first-order chi connectivity index (χ1) is 8.43. The Hall–Kier alpha value is -1.39. The minimum absolute atomic E-state index is 0.0688. The number of carbonyl (C=O) groups excluding carboxylic acids is 1. The summed E-state index contributed by atoms with van der Waals surface area (Å²) in [7, 11) is 0. The number of carbonyl (C=O) groups is 1. The highest BCUT2D eigenvalue weighted by Crippen LogP contribution is 2.23. The van der Waals surface area contributed by atoms with Gasteiger partial charge >= 0.3 is 0 Å². The fourth-order valence-electron chi connectivity index (χ4n) is 2.31. The molecule has 4 nitrogen and oxygen atoms in total. The van der Waals surface area contributed by atoms with Gasteiger partial charge in [0.1, 0.15) is 6.04 Å². The van der Waals surface area contributed by atoms with Crippen LogP contribution in [0.5, 0.6) is 0 Å². The zero-order valence-electron chi connectivity index (χ0n) is 11.1. The number of benzene rings is 1. The first kappa shape index (κ1) is 13.1. The lowest BCUT2D eigenvalue weighted by Gasteiger charge is -2.42. The standard InChI is InChI=1S/C14H20N2O2/c1-10-4-6-11(7-5-10)16-9-14(2,3)15-12(8-17)13(16)18/h4-7,12,15,17H,8-9H2,1-3H3. The van der Waals surface area contributed by atoms with Crippen molar-refractivity contribution in [1.82, 2.24) is 5.32 Å². The molecule has 1 saturated heterocycles. The van der Waals surface area contributed by atoms with Crippen molar-refractivity contribution in [1.29, 1.82) is 0 Å². The van der Waals surface area contributed by atoms with Crippen LogP contribution in [0.4, 0.5) is 5.69 Å². The van der Waals surface area contributed by atoms with Crippen molar-refractivity contribution in [2.45, 2.75) is 32.4 Å². The number of aryl methyl sites for hydroxylation is 1. The highest BCUT2D eigenvalue weighted by atomic mass is 16.3. The number of aliphatic hydroxyl groups excluding tert-OH is 1. The third-order valence-electron chi connectivity index (χ3n) is 3.21. The molecule has 1 aliphatic rings. The first-order valence-corrected chi connectivity index (χ1v) is 6.19. The molecule has 0 aliphatic carbocycles. The molecule has 1 amide bonds. The van der Waals surface area contributed by atoms with E-state index in [-0.39, 0.29) is 18.1 Å². The molecule has 2 N–H and O–H groups in total. The number of hydrogen-bond donors (Lipinski definition) is 2. The summed E-state index contributed by atoms with van der Waals surface area (Å²) in [5.74, 6) is -0.0688. The maximum Gasteiger partial charge on any atom is 0.246 e. The van der Waals surface area contributed by atoms with Crippen LogP contribution >= 0.6 is 0 Å². The van der Waals surface area contributed by atoms with Gasteiger partial charge in [0, 0.05) is 17.8 Å². The molecule has 1 aromatic rings. The summed E-state index contributed by atoms with van der Waals surface area (Å²) < 4.78 is 0. The summed E-state index contributed by atoms with van der Waals surface area (Å²) in [6.07, 6.45) is 0. The summed E-state index contributed by atoms with van der Waals surface area (Å²) in [6, 6.07) is 7.36. The lowest BCUT2D eigenvalue weighted by atomic mass is 9.97. The second kappa shape index (κ2) is 4.71. The molecular formula is C14H20N2O2. The van der Waals surface area contributed by atoms with Crippen molar-refractivity contribution in [2.75, 3.05) is 18.1 Å². The van der Waals surface area contributed by atoms with Gasteiger partial charge in [0.2, 0.25) is 5.91 Å². The molecule has 98 valence electrons. The van der Waals surface area contributed by atoms with Gasteiger partial charge in [0.25, 0.3) is 0 Å². The number of nitrogens with zero attached hydrogens (tertiary/aromatic N) is 1. The van der Waals surface area contributed by atoms with E-state index in [1.807, 2.05) is 45.0 Å². The third kappa shape index (κ3) is 2.54. The molecule has 1 fully saturated rings. The van der Waals surface area contributed by atoms with E-state index in [9.17, 15) is 9.90 Å². The molecule has 0 aromatic heterocycles. The Bertz CT molecular complexity index is 440. The van der Waals surface area contributed by atoms with Crippen LogP contribution in [-0.4, -0.2) is 35.7 Å². The zero-order chi connectivity index (χ0) is 13.3. The van der Waals surface area contributed by atoms with Gasteiger partial charge in [-0.3, -0.25) is 10.1 Å². The Balaban J connectivity index is 2.30. The molecule has 1 heterocycles. The number of piperazine rings is 1.